The predicted molar refractivity (Wildman–Crippen MR) is 84.1 cm³/mol. The van der Waals surface area contributed by atoms with Gasteiger partial charge in [0, 0.05) is 5.92 Å². The standard InChI is InChI=1S/C19H28O3/c1-18-6-3-4-12(18)11-8-15(20)14-9-16(21)17(22)10-19(14,2)13(11)5-7-18/h8,12-14,16-17,21-22H,3-7,9-10H2,1-2H3. The highest BCUT2D eigenvalue weighted by atomic mass is 16.3. The molecule has 0 bridgehead atoms. The lowest BCUT2D eigenvalue weighted by Crippen LogP contribution is -2.55. The SMILES string of the molecule is CC12CCCC1C1=CC(=O)C3CC(O)C(O)CC3(C)C1CC2. The van der Waals surface area contributed by atoms with Crippen LogP contribution in [-0.2, 0) is 4.79 Å². The van der Waals surface area contributed by atoms with Gasteiger partial charge in [0.25, 0.3) is 0 Å². The van der Waals surface area contributed by atoms with Crippen LogP contribution in [0.15, 0.2) is 11.6 Å². The Balaban J connectivity index is 1.76. The molecule has 0 saturated heterocycles. The van der Waals surface area contributed by atoms with E-state index in [9.17, 15) is 15.0 Å². The minimum Gasteiger partial charge on any atom is -0.390 e. The van der Waals surface area contributed by atoms with Crippen molar-refractivity contribution in [2.24, 2.45) is 28.6 Å². The fourth-order valence-electron chi connectivity index (χ4n) is 6.38. The first-order chi connectivity index (χ1) is 10.3. The van der Waals surface area contributed by atoms with Crippen molar-refractivity contribution in [2.45, 2.75) is 71.0 Å². The molecule has 3 saturated carbocycles. The Morgan fingerprint density at radius 1 is 1.05 bits per heavy atom. The Morgan fingerprint density at radius 2 is 1.82 bits per heavy atom. The third-order valence-corrected chi connectivity index (χ3v) is 7.71. The second-order valence-electron chi connectivity index (χ2n) is 8.87. The van der Waals surface area contributed by atoms with Gasteiger partial charge in [0.1, 0.15) is 0 Å². The molecular weight excluding hydrogens is 276 g/mol. The lowest BCUT2D eigenvalue weighted by atomic mass is 9.48. The number of allylic oxidation sites excluding steroid dienone is 2. The van der Waals surface area contributed by atoms with Gasteiger partial charge < -0.3 is 10.2 Å². The van der Waals surface area contributed by atoms with Crippen LogP contribution in [0.4, 0.5) is 0 Å². The summed E-state index contributed by atoms with van der Waals surface area (Å²) >= 11 is 0. The van der Waals surface area contributed by atoms with E-state index in [4.69, 9.17) is 0 Å². The number of ketones is 1. The second-order valence-corrected chi connectivity index (χ2v) is 8.87. The minimum absolute atomic E-state index is 0.106. The Kier molecular flexibility index (Phi) is 3.16. The molecule has 4 aliphatic carbocycles. The molecule has 2 N–H and O–H groups in total. The predicted octanol–water partition coefficient (Wildman–Crippen LogP) is 2.85. The van der Waals surface area contributed by atoms with Crippen LogP contribution < -0.4 is 0 Å². The van der Waals surface area contributed by atoms with Gasteiger partial charge >= 0.3 is 0 Å². The highest BCUT2D eigenvalue weighted by Crippen LogP contribution is 2.63. The van der Waals surface area contributed by atoms with Crippen molar-refractivity contribution < 1.29 is 15.0 Å². The van der Waals surface area contributed by atoms with Gasteiger partial charge in [0.2, 0.25) is 0 Å². The Labute approximate surface area is 132 Å². The molecule has 0 aliphatic heterocycles. The van der Waals surface area contributed by atoms with E-state index in [0.29, 0.717) is 30.1 Å². The molecule has 3 nitrogen and oxygen atoms in total. The van der Waals surface area contributed by atoms with Crippen molar-refractivity contribution in [3.63, 3.8) is 0 Å². The monoisotopic (exact) mass is 304 g/mol. The summed E-state index contributed by atoms with van der Waals surface area (Å²) in [7, 11) is 0. The summed E-state index contributed by atoms with van der Waals surface area (Å²) in [5, 5.41) is 20.2. The molecule has 0 amide bonds. The maximum atomic E-state index is 12.8. The second kappa shape index (κ2) is 4.67. The molecule has 0 aromatic carbocycles. The summed E-state index contributed by atoms with van der Waals surface area (Å²) in [6.07, 6.45) is 7.71. The molecule has 0 radical (unpaired) electrons. The first kappa shape index (κ1) is 14.9. The van der Waals surface area contributed by atoms with Gasteiger partial charge in [0.15, 0.2) is 5.78 Å². The van der Waals surface area contributed by atoms with Crippen LogP contribution >= 0.6 is 0 Å². The summed E-state index contributed by atoms with van der Waals surface area (Å²) in [5.74, 6) is 1.09. The summed E-state index contributed by atoms with van der Waals surface area (Å²) < 4.78 is 0. The number of aliphatic hydroxyl groups excluding tert-OH is 2. The zero-order chi connectivity index (χ0) is 15.7. The number of aliphatic hydroxyl groups is 2. The average Bonchev–Trinajstić information content (AvgIpc) is 2.84. The molecule has 7 unspecified atom stereocenters. The number of hydrogen-bond acceptors (Lipinski definition) is 3. The Hall–Kier alpha value is -0.670. The zero-order valence-corrected chi connectivity index (χ0v) is 13.7. The van der Waals surface area contributed by atoms with Gasteiger partial charge in [-0.2, -0.15) is 0 Å². The molecule has 0 aromatic rings. The molecule has 3 heteroatoms. The topological polar surface area (TPSA) is 57.5 Å². The molecule has 0 aromatic heterocycles. The van der Waals surface area contributed by atoms with Crippen LogP contribution in [0.2, 0.25) is 0 Å². The van der Waals surface area contributed by atoms with Crippen LogP contribution in [0, 0.1) is 28.6 Å². The first-order valence-electron chi connectivity index (χ1n) is 8.97. The molecule has 0 spiro atoms. The van der Waals surface area contributed by atoms with E-state index in [1.54, 1.807) is 0 Å². The Bertz CT molecular complexity index is 539. The molecule has 4 aliphatic rings. The number of fused-ring (bicyclic) bond motifs is 5. The number of rotatable bonds is 0. The third-order valence-electron chi connectivity index (χ3n) is 7.71. The third kappa shape index (κ3) is 1.85. The average molecular weight is 304 g/mol. The molecule has 3 fully saturated rings. The maximum absolute atomic E-state index is 12.8. The van der Waals surface area contributed by atoms with E-state index in [0.717, 1.165) is 6.42 Å². The number of carbonyl (C=O) groups is 1. The fraction of sp³-hybridized carbons (Fsp3) is 0.842. The van der Waals surface area contributed by atoms with Crippen LogP contribution in [0.25, 0.3) is 0 Å². The maximum Gasteiger partial charge on any atom is 0.159 e. The van der Waals surface area contributed by atoms with Crippen molar-refractivity contribution in [3.05, 3.63) is 11.6 Å². The van der Waals surface area contributed by atoms with Crippen molar-refractivity contribution in [1.82, 2.24) is 0 Å². The van der Waals surface area contributed by atoms with Crippen molar-refractivity contribution >= 4 is 5.78 Å². The van der Waals surface area contributed by atoms with Crippen molar-refractivity contribution in [1.29, 1.82) is 0 Å². The Morgan fingerprint density at radius 3 is 2.59 bits per heavy atom. The van der Waals surface area contributed by atoms with Crippen molar-refractivity contribution in [2.75, 3.05) is 0 Å². The van der Waals surface area contributed by atoms with E-state index >= 15 is 0 Å². The quantitative estimate of drug-likeness (QED) is 0.723. The van der Waals surface area contributed by atoms with Crippen LogP contribution in [0.5, 0.6) is 0 Å². The normalized spacial score (nSPS) is 54.3. The van der Waals surface area contributed by atoms with Gasteiger partial charge in [0.05, 0.1) is 12.2 Å². The van der Waals surface area contributed by atoms with E-state index in [2.05, 4.69) is 13.8 Å². The largest absolute Gasteiger partial charge is 0.390 e. The van der Waals surface area contributed by atoms with E-state index in [-0.39, 0.29) is 17.1 Å². The molecule has 7 atom stereocenters. The van der Waals surface area contributed by atoms with Gasteiger partial charge in [-0.15, -0.1) is 0 Å². The van der Waals surface area contributed by atoms with Crippen LogP contribution in [0.1, 0.15) is 58.8 Å². The molecule has 122 valence electrons. The van der Waals surface area contributed by atoms with Crippen LogP contribution in [0.3, 0.4) is 0 Å². The molecular formula is C19H28O3. The summed E-state index contributed by atoms with van der Waals surface area (Å²) in [6.45, 7) is 4.60. The van der Waals surface area contributed by atoms with Crippen molar-refractivity contribution in [3.8, 4) is 0 Å². The highest BCUT2D eigenvalue weighted by molar-refractivity contribution is 5.94. The van der Waals surface area contributed by atoms with Gasteiger partial charge in [-0.05, 0) is 67.3 Å². The number of carbonyl (C=O) groups excluding carboxylic acids is 1. The highest BCUT2D eigenvalue weighted by Gasteiger charge is 2.58. The van der Waals surface area contributed by atoms with Gasteiger partial charge in [-0.3, -0.25) is 4.79 Å². The van der Waals surface area contributed by atoms with E-state index < -0.39 is 12.2 Å². The van der Waals surface area contributed by atoms with Gasteiger partial charge in [-0.1, -0.05) is 25.8 Å². The van der Waals surface area contributed by atoms with E-state index in [1.165, 1.54) is 31.3 Å². The lowest BCUT2D eigenvalue weighted by molar-refractivity contribution is -0.142. The van der Waals surface area contributed by atoms with Gasteiger partial charge in [-0.25, -0.2) is 0 Å². The molecule has 4 rings (SSSR count). The summed E-state index contributed by atoms with van der Waals surface area (Å²) in [4.78, 5) is 12.8. The molecule has 0 heterocycles. The van der Waals surface area contributed by atoms with Crippen LogP contribution in [-0.4, -0.2) is 28.2 Å². The molecule has 22 heavy (non-hydrogen) atoms. The summed E-state index contributed by atoms with van der Waals surface area (Å²) in [5.41, 5.74) is 1.61. The first-order valence-corrected chi connectivity index (χ1v) is 8.97. The number of hydrogen-bond donors (Lipinski definition) is 2. The smallest absolute Gasteiger partial charge is 0.159 e. The summed E-state index contributed by atoms with van der Waals surface area (Å²) in [6, 6.07) is 0. The minimum atomic E-state index is -0.739. The zero-order valence-electron chi connectivity index (χ0n) is 13.7. The van der Waals surface area contributed by atoms with E-state index in [1.807, 2.05) is 6.08 Å². The lowest BCUT2D eigenvalue weighted by Gasteiger charge is -2.56. The fourth-order valence-corrected chi connectivity index (χ4v) is 6.38.